The second kappa shape index (κ2) is 10.4. The van der Waals surface area contributed by atoms with Crippen LogP contribution in [-0.4, -0.2) is 41.3 Å². The SMILES string of the molecule is CCC(=O)NCCN(C)c1ccc(-n2ccn(-c3ccc(OC4CCCC4)cc3)c2=O)cc1. The summed E-state index contributed by atoms with van der Waals surface area (Å²) >= 11 is 0. The lowest BCUT2D eigenvalue weighted by atomic mass is 10.2. The van der Waals surface area contributed by atoms with Crippen LogP contribution in [0.4, 0.5) is 5.69 Å². The highest BCUT2D eigenvalue weighted by Gasteiger charge is 2.16. The lowest BCUT2D eigenvalue weighted by molar-refractivity contribution is -0.120. The highest BCUT2D eigenvalue weighted by atomic mass is 16.5. The van der Waals surface area contributed by atoms with E-state index in [1.54, 1.807) is 21.5 Å². The van der Waals surface area contributed by atoms with E-state index in [0.717, 1.165) is 35.7 Å². The first kappa shape index (κ1) is 22.7. The number of carbonyl (C=O) groups excluding carboxylic acids is 1. The number of carbonyl (C=O) groups is 1. The molecule has 0 bridgehead atoms. The zero-order valence-corrected chi connectivity index (χ0v) is 19.4. The Morgan fingerprint density at radius 1 is 1.00 bits per heavy atom. The molecule has 3 aromatic rings. The van der Waals surface area contributed by atoms with Gasteiger partial charge in [-0.15, -0.1) is 0 Å². The Morgan fingerprint density at radius 3 is 2.15 bits per heavy atom. The molecular weight excluding hydrogens is 416 g/mol. The van der Waals surface area contributed by atoms with Gasteiger partial charge in [0.2, 0.25) is 5.91 Å². The first-order valence-corrected chi connectivity index (χ1v) is 11.7. The standard InChI is InChI=1S/C26H32N4O3/c1-3-25(31)27-16-17-28(2)20-8-10-21(11-9-20)29-18-19-30(26(29)32)22-12-14-24(15-13-22)33-23-6-4-5-7-23/h8-15,18-19,23H,3-7,16-17H2,1-2H3,(H,27,31). The number of likely N-dealkylation sites (N-methyl/N-ethyl adjacent to an activating group) is 1. The third-order valence-electron chi connectivity index (χ3n) is 6.16. The number of nitrogens with zero attached hydrogens (tertiary/aromatic N) is 3. The van der Waals surface area contributed by atoms with Crippen LogP contribution in [0.1, 0.15) is 39.0 Å². The number of ether oxygens (including phenoxy) is 1. The van der Waals surface area contributed by atoms with Gasteiger partial charge in [-0.05, 0) is 74.2 Å². The van der Waals surface area contributed by atoms with Gasteiger partial charge in [-0.2, -0.15) is 0 Å². The number of aromatic nitrogens is 2. The van der Waals surface area contributed by atoms with E-state index in [2.05, 4.69) is 10.2 Å². The molecule has 174 valence electrons. The largest absolute Gasteiger partial charge is 0.490 e. The maximum absolute atomic E-state index is 13.0. The van der Waals surface area contributed by atoms with Crippen LogP contribution in [0.25, 0.3) is 11.4 Å². The zero-order chi connectivity index (χ0) is 23.2. The Morgan fingerprint density at radius 2 is 1.58 bits per heavy atom. The summed E-state index contributed by atoms with van der Waals surface area (Å²) in [5.74, 6) is 0.908. The van der Waals surface area contributed by atoms with Gasteiger partial charge in [0.15, 0.2) is 0 Å². The number of benzene rings is 2. The molecule has 1 fully saturated rings. The van der Waals surface area contributed by atoms with Crippen molar-refractivity contribution in [1.82, 2.24) is 14.5 Å². The topological polar surface area (TPSA) is 68.5 Å². The first-order valence-electron chi connectivity index (χ1n) is 11.7. The Bertz CT molecular complexity index is 1110. The van der Waals surface area contributed by atoms with Crippen molar-refractivity contribution in [2.75, 3.05) is 25.0 Å². The number of hydrogen-bond donors (Lipinski definition) is 1. The van der Waals surface area contributed by atoms with E-state index in [1.807, 2.05) is 62.5 Å². The molecule has 1 heterocycles. The van der Waals surface area contributed by atoms with E-state index in [1.165, 1.54) is 12.8 Å². The smallest absolute Gasteiger partial charge is 0.337 e. The molecule has 33 heavy (non-hydrogen) atoms. The Kier molecular flexibility index (Phi) is 7.17. The molecule has 1 saturated carbocycles. The molecule has 1 aliphatic rings. The molecule has 2 aromatic carbocycles. The normalized spacial score (nSPS) is 13.8. The van der Waals surface area contributed by atoms with Crippen LogP contribution < -0.4 is 20.6 Å². The van der Waals surface area contributed by atoms with Gasteiger partial charge in [-0.3, -0.25) is 13.9 Å². The van der Waals surface area contributed by atoms with Gasteiger partial charge in [0.05, 0.1) is 17.5 Å². The average molecular weight is 449 g/mol. The predicted octanol–water partition coefficient (Wildman–Crippen LogP) is 3.91. The summed E-state index contributed by atoms with van der Waals surface area (Å²) in [5, 5.41) is 2.88. The van der Waals surface area contributed by atoms with Crippen molar-refractivity contribution in [3.8, 4) is 17.1 Å². The van der Waals surface area contributed by atoms with Gasteiger partial charge >= 0.3 is 5.69 Å². The molecule has 0 atom stereocenters. The lowest BCUT2D eigenvalue weighted by Gasteiger charge is -2.19. The molecule has 4 rings (SSSR count). The Balaban J connectivity index is 1.42. The van der Waals surface area contributed by atoms with Crippen LogP contribution >= 0.6 is 0 Å². The van der Waals surface area contributed by atoms with Crippen molar-refractivity contribution in [2.45, 2.75) is 45.1 Å². The Labute approximate surface area is 194 Å². The maximum Gasteiger partial charge on any atom is 0.337 e. The monoisotopic (exact) mass is 448 g/mol. The van der Waals surface area contributed by atoms with Crippen LogP contribution in [0.2, 0.25) is 0 Å². The number of rotatable bonds is 9. The van der Waals surface area contributed by atoms with E-state index in [0.29, 0.717) is 25.6 Å². The zero-order valence-electron chi connectivity index (χ0n) is 19.4. The highest BCUT2D eigenvalue weighted by molar-refractivity contribution is 5.75. The fourth-order valence-electron chi connectivity index (χ4n) is 4.14. The van der Waals surface area contributed by atoms with Crippen molar-refractivity contribution in [3.05, 3.63) is 71.4 Å². The van der Waals surface area contributed by atoms with Crippen LogP contribution in [-0.2, 0) is 4.79 Å². The number of amides is 1. The van der Waals surface area contributed by atoms with Crippen LogP contribution in [0, 0.1) is 0 Å². The molecule has 0 saturated heterocycles. The van der Waals surface area contributed by atoms with Crippen molar-refractivity contribution < 1.29 is 9.53 Å². The summed E-state index contributed by atoms with van der Waals surface area (Å²) in [6.07, 6.45) is 9.08. The molecule has 1 aliphatic carbocycles. The summed E-state index contributed by atoms with van der Waals surface area (Å²) in [6.45, 7) is 3.15. The second-order valence-corrected chi connectivity index (χ2v) is 8.48. The molecular formula is C26H32N4O3. The van der Waals surface area contributed by atoms with Crippen LogP contribution in [0.15, 0.2) is 65.7 Å². The van der Waals surface area contributed by atoms with Crippen LogP contribution in [0.3, 0.4) is 0 Å². The van der Waals surface area contributed by atoms with E-state index in [4.69, 9.17) is 4.74 Å². The summed E-state index contributed by atoms with van der Waals surface area (Å²) in [5.41, 5.74) is 2.51. The summed E-state index contributed by atoms with van der Waals surface area (Å²) in [7, 11) is 1.98. The molecule has 1 N–H and O–H groups in total. The van der Waals surface area contributed by atoms with Crippen molar-refractivity contribution in [1.29, 1.82) is 0 Å². The molecule has 7 heteroatoms. The van der Waals surface area contributed by atoms with Gasteiger partial charge in [0, 0.05) is 44.6 Å². The van der Waals surface area contributed by atoms with Crippen molar-refractivity contribution in [2.24, 2.45) is 0 Å². The second-order valence-electron chi connectivity index (χ2n) is 8.48. The minimum absolute atomic E-state index is 0.0543. The molecule has 1 aromatic heterocycles. The van der Waals surface area contributed by atoms with Gasteiger partial charge in [-0.25, -0.2) is 4.79 Å². The minimum Gasteiger partial charge on any atom is -0.490 e. The predicted molar refractivity (Wildman–Crippen MR) is 131 cm³/mol. The third kappa shape index (κ3) is 5.48. The fraction of sp³-hybridized carbons (Fsp3) is 0.385. The Hall–Kier alpha value is -3.48. The summed E-state index contributed by atoms with van der Waals surface area (Å²) in [6, 6.07) is 15.5. The summed E-state index contributed by atoms with van der Waals surface area (Å²) in [4.78, 5) is 26.5. The number of anilines is 1. The fourth-order valence-corrected chi connectivity index (χ4v) is 4.14. The van der Waals surface area contributed by atoms with Crippen molar-refractivity contribution >= 4 is 11.6 Å². The van der Waals surface area contributed by atoms with Gasteiger partial charge < -0.3 is 15.0 Å². The quantitative estimate of drug-likeness (QED) is 0.539. The van der Waals surface area contributed by atoms with E-state index >= 15 is 0 Å². The van der Waals surface area contributed by atoms with Crippen LogP contribution in [0.5, 0.6) is 5.75 Å². The summed E-state index contributed by atoms with van der Waals surface area (Å²) < 4.78 is 9.29. The minimum atomic E-state index is -0.122. The highest BCUT2D eigenvalue weighted by Crippen LogP contribution is 2.24. The molecule has 1 amide bonds. The molecule has 7 nitrogen and oxygen atoms in total. The molecule has 0 aliphatic heterocycles. The van der Waals surface area contributed by atoms with Crippen molar-refractivity contribution in [3.63, 3.8) is 0 Å². The number of imidazole rings is 1. The maximum atomic E-state index is 13.0. The van der Waals surface area contributed by atoms with E-state index in [9.17, 15) is 9.59 Å². The van der Waals surface area contributed by atoms with Gasteiger partial charge in [-0.1, -0.05) is 6.92 Å². The molecule has 0 unspecified atom stereocenters. The molecule has 0 radical (unpaired) electrons. The van der Waals surface area contributed by atoms with Gasteiger partial charge in [0.25, 0.3) is 0 Å². The number of nitrogens with one attached hydrogen (secondary N) is 1. The van der Waals surface area contributed by atoms with Gasteiger partial charge in [0.1, 0.15) is 5.75 Å². The lowest BCUT2D eigenvalue weighted by Crippen LogP contribution is -2.32. The van der Waals surface area contributed by atoms with E-state index in [-0.39, 0.29) is 11.6 Å². The average Bonchev–Trinajstić information content (AvgIpc) is 3.49. The first-order chi connectivity index (χ1) is 16.0. The van der Waals surface area contributed by atoms with E-state index < -0.39 is 0 Å². The third-order valence-corrected chi connectivity index (χ3v) is 6.16. The number of hydrogen-bond acceptors (Lipinski definition) is 4. The molecule has 0 spiro atoms.